The van der Waals surface area contributed by atoms with Crippen LogP contribution < -0.4 is 10.2 Å². The molecule has 98 valence electrons. The first-order chi connectivity index (χ1) is 8.49. The van der Waals surface area contributed by atoms with Gasteiger partial charge in [0, 0.05) is 20.1 Å². The average Bonchev–Trinajstić information content (AvgIpc) is 2.97. The van der Waals surface area contributed by atoms with Gasteiger partial charge in [-0.15, -0.1) is 0 Å². The number of rotatable bonds is 5. The molecule has 0 spiro atoms. The predicted molar refractivity (Wildman–Crippen MR) is 64.3 cm³/mol. The van der Waals surface area contributed by atoms with Crippen LogP contribution in [-0.4, -0.2) is 40.0 Å². The molecule has 0 atom stereocenters. The fourth-order valence-electron chi connectivity index (χ4n) is 1.77. The zero-order valence-electron chi connectivity index (χ0n) is 10.3. The van der Waals surface area contributed by atoms with Crippen LogP contribution in [0, 0.1) is 10.1 Å². The summed E-state index contributed by atoms with van der Waals surface area (Å²) in [5, 5.41) is 13.7. The Morgan fingerprint density at radius 1 is 1.72 bits per heavy atom. The number of amides is 1. The molecule has 1 aromatic rings. The minimum absolute atomic E-state index is 0.0802. The molecule has 0 radical (unpaired) electrons. The molecule has 1 fully saturated rings. The molecule has 0 aliphatic heterocycles. The van der Waals surface area contributed by atoms with Crippen LogP contribution in [0.5, 0.6) is 0 Å². The lowest BCUT2D eigenvalue weighted by Crippen LogP contribution is -2.37. The summed E-state index contributed by atoms with van der Waals surface area (Å²) < 4.78 is 1.53. The Hall–Kier alpha value is -2.12. The first-order valence-electron chi connectivity index (χ1n) is 5.65. The van der Waals surface area contributed by atoms with E-state index in [0.717, 1.165) is 12.8 Å². The van der Waals surface area contributed by atoms with Crippen molar-refractivity contribution in [3.05, 3.63) is 16.4 Å². The van der Waals surface area contributed by atoms with Crippen molar-refractivity contribution >= 4 is 17.5 Å². The van der Waals surface area contributed by atoms with Crippen molar-refractivity contribution < 1.29 is 9.72 Å². The topological polar surface area (TPSA) is 93.3 Å². The van der Waals surface area contributed by atoms with Gasteiger partial charge in [0.1, 0.15) is 0 Å². The Kier molecular flexibility index (Phi) is 3.17. The fourth-order valence-corrected chi connectivity index (χ4v) is 1.77. The van der Waals surface area contributed by atoms with Crippen molar-refractivity contribution in [2.45, 2.75) is 18.9 Å². The zero-order chi connectivity index (χ0) is 13.3. The second-order valence-corrected chi connectivity index (χ2v) is 4.46. The number of nitrogens with zero attached hydrogens (tertiary/aromatic N) is 4. The van der Waals surface area contributed by atoms with E-state index in [0.29, 0.717) is 5.82 Å². The van der Waals surface area contributed by atoms with Crippen LogP contribution in [0.4, 0.5) is 11.6 Å². The molecule has 1 aromatic heterocycles. The summed E-state index contributed by atoms with van der Waals surface area (Å²) in [6, 6.07) is 0.285. The minimum Gasteiger partial charge on any atom is -0.358 e. The molecule has 1 aliphatic carbocycles. The summed E-state index contributed by atoms with van der Waals surface area (Å²) in [5.41, 5.74) is 0. The molecule has 1 N–H and O–H groups in total. The van der Waals surface area contributed by atoms with Crippen LogP contribution >= 0.6 is 0 Å². The SMILES string of the molecule is CN(CC(=O)NC1CC1)c1c([N+](=O)[O-])ncn1C. The van der Waals surface area contributed by atoms with E-state index in [1.165, 1.54) is 15.8 Å². The minimum atomic E-state index is -0.551. The first kappa shape index (κ1) is 12.3. The molecule has 8 heteroatoms. The van der Waals surface area contributed by atoms with Crippen molar-refractivity contribution in [2.24, 2.45) is 7.05 Å². The second kappa shape index (κ2) is 4.63. The Morgan fingerprint density at radius 2 is 2.39 bits per heavy atom. The summed E-state index contributed by atoms with van der Waals surface area (Å²) in [4.78, 5) is 27.1. The number of carbonyl (C=O) groups is 1. The fraction of sp³-hybridized carbons (Fsp3) is 0.600. The molecule has 1 saturated carbocycles. The van der Waals surface area contributed by atoms with Crippen molar-refractivity contribution in [1.29, 1.82) is 0 Å². The van der Waals surface area contributed by atoms with Crippen LogP contribution in [0.2, 0.25) is 0 Å². The van der Waals surface area contributed by atoms with Gasteiger partial charge in [-0.25, -0.2) is 0 Å². The average molecular weight is 253 g/mol. The smallest absolute Gasteiger partial charge is 0.358 e. The molecule has 1 aliphatic rings. The predicted octanol–water partition coefficient (Wildman–Crippen LogP) is 0.0431. The van der Waals surface area contributed by atoms with Crippen LogP contribution in [0.1, 0.15) is 12.8 Å². The van der Waals surface area contributed by atoms with Gasteiger partial charge in [-0.1, -0.05) is 0 Å². The lowest BCUT2D eigenvalue weighted by atomic mass is 10.4. The van der Waals surface area contributed by atoms with Gasteiger partial charge >= 0.3 is 5.82 Å². The highest BCUT2D eigenvalue weighted by Gasteiger charge is 2.27. The van der Waals surface area contributed by atoms with Gasteiger partial charge < -0.3 is 20.3 Å². The lowest BCUT2D eigenvalue weighted by molar-refractivity contribution is -0.388. The molecular formula is C10H15N5O3. The van der Waals surface area contributed by atoms with Crippen LogP contribution in [0.25, 0.3) is 0 Å². The summed E-state index contributed by atoms with van der Waals surface area (Å²) in [7, 11) is 3.29. The van der Waals surface area contributed by atoms with E-state index in [9.17, 15) is 14.9 Å². The number of anilines is 1. The number of imidazole rings is 1. The molecule has 18 heavy (non-hydrogen) atoms. The molecule has 1 heterocycles. The third-order valence-corrected chi connectivity index (χ3v) is 2.75. The molecule has 0 bridgehead atoms. The zero-order valence-corrected chi connectivity index (χ0v) is 10.3. The van der Waals surface area contributed by atoms with Crippen LogP contribution in [-0.2, 0) is 11.8 Å². The summed E-state index contributed by atoms with van der Waals surface area (Å²) in [6.45, 7) is 0.0802. The molecule has 2 rings (SSSR count). The highest BCUT2D eigenvalue weighted by atomic mass is 16.6. The Bertz CT molecular complexity index is 480. The summed E-state index contributed by atoms with van der Waals surface area (Å²) >= 11 is 0. The van der Waals surface area contributed by atoms with Gasteiger partial charge in [0.05, 0.1) is 6.54 Å². The van der Waals surface area contributed by atoms with Gasteiger partial charge in [0.25, 0.3) is 0 Å². The standard InChI is InChI=1S/C10H15N5O3/c1-13(5-8(16)12-7-3-4-7)10-9(15(17)18)11-6-14(10)2/h6-7H,3-5H2,1-2H3,(H,12,16). The molecule has 0 unspecified atom stereocenters. The van der Waals surface area contributed by atoms with Crippen molar-refractivity contribution in [1.82, 2.24) is 14.9 Å². The molecular weight excluding hydrogens is 238 g/mol. The molecule has 0 aromatic carbocycles. The maximum Gasteiger partial charge on any atom is 0.406 e. The van der Waals surface area contributed by atoms with E-state index in [-0.39, 0.29) is 24.3 Å². The van der Waals surface area contributed by atoms with E-state index < -0.39 is 4.92 Å². The van der Waals surface area contributed by atoms with Gasteiger partial charge in [0.2, 0.25) is 18.1 Å². The maximum absolute atomic E-state index is 11.6. The van der Waals surface area contributed by atoms with Gasteiger partial charge in [-0.2, -0.15) is 0 Å². The number of hydrogen-bond acceptors (Lipinski definition) is 5. The highest BCUT2D eigenvalue weighted by Crippen LogP contribution is 2.24. The van der Waals surface area contributed by atoms with Crippen molar-refractivity contribution in [3.63, 3.8) is 0 Å². The first-order valence-corrected chi connectivity index (χ1v) is 5.65. The maximum atomic E-state index is 11.6. The quantitative estimate of drug-likeness (QED) is 0.591. The number of likely N-dealkylation sites (N-methyl/N-ethyl adjacent to an activating group) is 1. The Morgan fingerprint density at radius 3 is 2.94 bits per heavy atom. The number of hydrogen-bond donors (Lipinski definition) is 1. The number of nitrogens with one attached hydrogen (secondary N) is 1. The van der Waals surface area contributed by atoms with Crippen LogP contribution in [0.15, 0.2) is 6.33 Å². The molecule has 8 nitrogen and oxygen atoms in total. The highest BCUT2D eigenvalue weighted by molar-refractivity contribution is 5.82. The van der Waals surface area contributed by atoms with Crippen LogP contribution in [0.3, 0.4) is 0 Å². The Labute approximate surface area is 104 Å². The monoisotopic (exact) mass is 253 g/mol. The normalized spacial score (nSPS) is 14.3. The van der Waals surface area contributed by atoms with E-state index in [1.54, 1.807) is 14.1 Å². The largest absolute Gasteiger partial charge is 0.406 e. The van der Waals surface area contributed by atoms with E-state index in [4.69, 9.17) is 0 Å². The Balaban J connectivity index is 2.07. The van der Waals surface area contributed by atoms with Crippen molar-refractivity contribution in [3.8, 4) is 0 Å². The number of aryl methyl sites for hydroxylation is 1. The van der Waals surface area contributed by atoms with E-state index in [2.05, 4.69) is 10.3 Å². The summed E-state index contributed by atoms with van der Waals surface area (Å²) in [6.07, 6.45) is 3.39. The van der Waals surface area contributed by atoms with Gasteiger partial charge in [-0.05, 0) is 22.7 Å². The number of aromatic nitrogens is 2. The lowest BCUT2D eigenvalue weighted by Gasteiger charge is -2.17. The third kappa shape index (κ3) is 2.58. The number of carbonyl (C=O) groups excluding carboxylic acids is 1. The summed E-state index contributed by atoms with van der Waals surface area (Å²) in [5.74, 6) is -0.0410. The molecule has 1 amide bonds. The van der Waals surface area contributed by atoms with E-state index in [1.807, 2.05) is 0 Å². The second-order valence-electron chi connectivity index (χ2n) is 4.46. The van der Waals surface area contributed by atoms with Crippen molar-refractivity contribution in [2.75, 3.05) is 18.5 Å². The number of nitro groups is 1. The third-order valence-electron chi connectivity index (χ3n) is 2.75. The molecule has 0 saturated heterocycles. The van der Waals surface area contributed by atoms with Gasteiger partial charge in [-0.3, -0.25) is 9.36 Å². The van der Waals surface area contributed by atoms with E-state index >= 15 is 0 Å². The van der Waals surface area contributed by atoms with Gasteiger partial charge in [0.15, 0.2) is 0 Å².